The highest BCUT2D eigenvalue weighted by Crippen LogP contribution is 2.17. The zero-order chi connectivity index (χ0) is 18.8. The molecule has 136 valence electrons. The predicted molar refractivity (Wildman–Crippen MR) is 94.7 cm³/mol. The Morgan fingerprint density at radius 2 is 2.00 bits per heavy atom. The van der Waals surface area contributed by atoms with Gasteiger partial charge in [0.2, 0.25) is 5.91 Å². The lowest BCUT2D eigenvalue weighted by Gasteiger charge is -2.02. The van der Waals surface area contributed by atoms with Crippen LogP contribution in [0.4, 0.5) is 5.82 Å². The van der Waals surface area contributed by atoms with Crippen LogP contribution < -0.4 is 5.32 Å². The third-order valence-electron chi connectivity index (χ3n) is 3.70. The van der Waals surface area contributed by atoms with E-state index in [0.717, 1.165) is 11.1 Å². The fraction of sp³-hybridized carbons (Fsp3) is 0.188. The minimum atomic E-state index is -0.249. The van der Waals surface area contributed by atoms with Crippen LogP contribution in [0.25, 0.3) is 17.1 Å². The molecule has 4 aromatic heterocycles. The van der Waals surface area contributed by atoms with Crippen molar-refractivity contribution >= 4 is 11.7 Å². The Kier molecular flexibility index (Phi) is 4.16. The van der Waals surface area contributed by atoms with Gasteiger partial charge in [0.1, 0.15) is 12.9 Å². The molecule has 0 spiro atoms. The summed E-state index contributed by atoms with van der Waals surface area (Å²) in [5.74, 6) is 0.798. The highest BCUT2D eigenvalue weighted by molar-refractivity contribution is 5.89. The van der Waals surface area contributed by atoms with Crippen molar-refractivity contribution in [2.75, 3.05) is 5.32 Å². The number of nitrogens with one attached hydrogen (secondary N) is 1. The summed E-state index contributed by atoms with van der Waals surface area (Å²) in [6.45, 7) is 2.01. The summed E-state index contributed by atoms with van der Waals surface area (Å²) in [5.41, 5.74) is 2.50. The van der Waals surface area contributed by atoms with Crippen molar-refractivity contribution in [1.82, 2.24) is 44.5 Å². The van der Waals surface area contributed by atoms with Crippen LogP contribution in [0.2, 0.25) is 0 Å². The second-order valence-electron chi connectivity index (χ2n) is 5.92. The molecular weight excluding hydrogens is 348 g/mol. The van der Waals surface area contributed by atoms with Crippen molar-refractivity contribution in [3.63, 3.8) is 0 Å². The van der Waals surface area contributed by atoms with Gasteiger partial charge in [0.25, 0.3) is 0 Å². The quantitative estimate of drug-likeness (QED) is 0.550. The molecule has 0 aromatic carbocycles. The lowest BCUT2D eigenvalue weighted by Crippen LogP contribution is -2.19. The van der Waals surface area contributed by atoms with Crippen molar-refractivity contribution in [2.45, 2.75) is 13.5 Å². The molecule has 4 aromatic rings. The summed E-state index contributed by atoms with van der Waals surface area (Å²) in [5, 5.41) is 19.0. The maximum absolute atomic E-state index is 12.1. The molecule has 11 heteroatoms. The molecule has 0 bridgehead atoms. The molecule has 1 amide bonds. The number of amides is 1. The molecule has 27 heavy (non-hydrogen) atoms. The molecule has 1 N–H and O–H groups in total. The lowest BCUT2D eigenvalue weighted by molar-refractivity contribution is -0.116. The Morgan fingerprint density at radius 1 is 1.11 bits per heavy atom. The average molecular weight is 364 g/mol. The molecule has 4 heterocycles. The first-order valence-corrected chi connectivity index (χ1v) is 8.09. The van der Waals surface area contributed by atoms with Gasteiger partial charge in [0.05, 0.1) is 24.3 Å². The van der Waals surface area contributed by atoms with E-state index >= 15 is 0 Å². The van der Waals surface area contributed by atoms with Crippen molar-refractivity contribution < 1.29 is 4.79 Å². The summed E-state index contributed by atoms with van der Waals surface area (Å²) in [7, 11) is 1.68. The molecule has 0 aliphatic rings. The third-order valence-corrected chi connectivity index (χ3v) is 3.70. The van der Waals surface area contributed by atoms with E-state index in [1.54, 1.807) is 30.3 Å². The first-order chi connectivity index (χ1) is 13.1. The van der Waals surface area contributed by atoms with Gasteiger partial charge in [-0.1, -0.05) is 0 Å². The van der Waals surface area contributed by atoms with E-state index in [4.69, 9.17) is 0 Å². The Morgan fingerprint density at radius 3 is 2.74 bits per heavy atom. The molecular formula is C16H16N10O. The first-order valence-electron chi connectivity index (χ1n) is 8.09. The van der Waals surface area contributed by atoms with Crippen molar-refractivity contribution in [1.29, 1.82) is 0 Å². The molecule has 4 rings (SSSR count). The van der Waals surface area contributed by atoms with E-state index in [2.05, 4.69) is 35.7 Å². The fourth-order valence-corrected chi connectivity index (χ4v) is 2.48. The summed E-state index contributed by atoms with van der Waals surface area (Å²) < 4.78 is 3.21. The largest absolute Gasteiger partial charge is 0.306 e. The van der Waals surface area contributed by atoms with Gasteiger partial charge in [-0.3, -0.25) is 9.48 Å². The second-order valence-corrected chi connectivity index (χ2v) is 5.92. The van der Waals surface area contributed by atoms with Crippen LogP contribution in [0.3, 0.4) is 0 Å². The smallest absolute Gasteiger partial charge is 0.247 e. The van der Waals surface area contributed by atoms with E-state index < -0.39 is 0 Å². The number of rotatable bonds is 5. The number of aryl methyl sites for hydroxylation is 2. The van der Waals surface area contributed by atoms with E-state index in [1.165, 1.54) is 22.0 Å². The maximum Gasteiger partial charge on any atom is 0.247 e. The maximum atomic E-state index is 12.1. The lowest BCUT2D eigenvalue weighted by atomic mass is 10.2. The molecule has 0 aliphatic heterocycles. The standard InChI is InChI=1S/C16H16N10O/c1-11-4-21-26(7-11)15-3-13(17-10-18-15)12-5-20-25(8-12)9-16(27)22-14-6-19-24(2)23-14/h3-8,10H,9H2,1-2H3,(H,22,23,27). The summed E-state index contributed by atoms with van der Waals surface area (Å²) in [4.78, 5) is 22.0. The van der Waals surface area contributed by atoms with Gasteiger partial charge in [-0.05, 0) is 12.5 Å². The highest BCUT2D eigenvalue weighted by Gasteiger charge is 2.10. The average Bonchev–Trinajstić information content (AvgIpc) is 3.37. The number of carbonyl (C=O) groups is 1. The Labute approximate surface area is 153 Å². The number of hydrogen-bond donors (Lipinski definition) is 1. The Balaban J connectivity index is 1.48. The number of nitrogens with zero attached hydrogens (tertiary/aromatic N) is 9. The normalized spacial score (nSPS) is 10.9. The topological polar surface area (TPSA) is 121 Å². The van der Waals surface area contributed by atoms with E-state index in [-0.39, 0.29) is 12.5 Å². The van der Waals surface area contributed by atoms with Crippen LogP contribution in [0, 0.1) is 6.92 Å². The predicted octanol–water partition coefficient (Wildman–Crippen LogP) is 0.601. The van der Waals surface area contributed by atoms with Gasteiger partial charge in [0.15, 0.2) is 11.6 Å². The van der Waals surface area contributed by atoms with Crippen LogP contribution >= 0.6 is 0 Å². The van der Waals surface area contributed by atoms with E-state index in [0.29, 0.717) is 17.3 Å². The fourth-order valence-electron chi connectivity index (χ4n) is 2.48. The Hall–Kier alpha value is -3.89. The number of anilines is 1. The van der Waals surface area contributed by atoms with Crippen molar-refractivity contribution in [3.8, 4) is 17.1 Å². The van der Waals surface area contributed by atoms with Crippen LogP contribution in [0.1, 0.15) is 5.56 Å². The van der Waals surface area contributed by atoms with Crippen molar-refractivity contribution in [2.24, 2.45) is 7.05 Å². The van der Waals surface area contributed by atoms with Gasteiger partial charge in [-0.15, -0.1) is 5.10 Å². The first kappa shape index (κ1) is 16.6. The van der Waals surface area contributed by atoms with Gasteiger partial charge in [-0.2, -0.15) is 20.1 Å². The molecule has 0 fully saturated rings. The monoisotopic (exact) mass is 364 g/mol. The molecule has 0 radical (unpaired) electrons. The number of aromatic nitrogens is 9. The van der Waals surface area contributed by atoms with Crippen LogP contribution in [0.5, 0.6) is 0 Å². The zero-order valence-electron chi connectivity index (χ0n) is 14.7. The van der Waals surface area contributed by atoms with Crippen molar-refractivity contribution in [3.05, 3.63) is 48.9 Å². The van der Waals surface area contributed by atoms with Crippen LogP contribution in [0.15, 0.2) is 43.4 Å². The third kappa shape index (κ3) is 3.71. The van der Waals surface area contributed by atoms with E-state index in [9.17, 15) is 4.79 Å². The number of carbonyl (C=O) groups excluding carboxylic acids is 1. The number of hydrogen-bond acceptors (Lipinski definition) is 7. The van der Waals surface area contributed by atoms with Gasteiger partial charge >= 0.3 is 0 Å². The van der Waals surface area contributed by atoms with Gasteiger partial charge in [0, 0.05) is 31.1 Å². The van der Waals surface area contributed by atoms with E-state index in [1.807, 2.05) is 19.2 Å². The molecule has 0 atom stereocenters. The van der Waals surface area contributed by atoms with Gasteiger partial charge in [-0.25, -0.2) is 14.6 Å². The summed E-state index contributed by atoms with van der Waals surface area (Å²) in [6.07, 6.45) is 9.99. The zero-order valence-corrected chi connectivity index (χ0v) is 14.7. The SMILES string of the molecule is Cc1cnn(-c2cc(-c3cnn(CC(=O)Nc4cnn(C)n4)c3)ncn2)c1. The summed E-state index contributed by atoms with van der Waals surface area (Å²) >= 11 is 0. The molecule has 0 unspecified atom stereocenters. The van der Waals surface area contributed by atoms with Crippen LogP contribution in [-0.2, 0) is 18.4 Å². The van der Waals surface area contributed by atoms with Gasteiger partial charge < -0.3 is 5.32 Å². The summed E-state index contributed by atoms with van der Waals surface area (Å²) in [6, 6.07) is 1.81. The highest BCUT2D eigenvalue weighted by atomic mass is 16.2. The molecule has 0 saturated carbocycles. The van der Waals surface area contributed by atoms with Crippen LogP contribution in [-0.4, -0.2) is 50.4 Å². The second kappa shape index (κ2) is 6.78. The minimum Gasteiger partial charge on any atom is -0.306 e. The molecule has 0 aliphatic carbocycles. The molecule has 11 nitrogen and oxygen atoms in total. The minimum absolute atomic E-state index is 0.0485. The molecule has 0 saturated heterocycles. The Bertz CT molecular complexity index is 1090.